The van der Waals surface area contributed by atoms with E-state index in [4.69, 9.17) is 4.74 Å². The van der Waals surface area contributed by atoms with Crippen LogP contribution in [0.3, 0.4) is 0 Å². The molecule has 0 aliphatic carbocycles. The Morgan fingerprint density at radius 3 is 2.26 bits per heavy atom. The minimum absolute atomic E-state index is 0.0877. The van der Waals surface area contributed by atoms with Gasteiger partial charge in [-0.3, -0.25) is 14.9 Å². The van der Waals surface area contributed by atoms with E-state index in [0.717, 1.165) is 58.0 Å². The lowest BCUT2D eigenvalue weighted by molar-refractivity contribution is -0.384. The van der Waals surface area contributed by atoms with E-state index in [-0.39, 0.29) is 29.2 Å². The topological polar surface area (TPSA) is 93.0 Å². The number of ether oxygens (including phenoxy) is 1. The summed E-state index contributed by atoms with van der Waals surface area (Å²) in [5.74, 6) is -0.938. The highest BCUT2D eigenvalue weighted by atomic mass is 16.6. The van der Waals surface area contributed by atoms with E-state index >= 15 is 0 Å². The summed E-state index contributed by atoms with van der Waals surface area (Å²) in [5.41, 5.74) is 0.516. The van der Waals surface area contributed by atoms with E-state index in [1.807, 2.05) is 18.7 Å². The molecule has 2 fully saturated rings. The van der Waals surface area contributed by atoms with Gasteiger partial charge in [-0.1, -0.05) is 12.8 Å². The zero-order valence-electron chi connectivity index (χ0n) is 18.7. The number of nitro groups is 1. The second kappa shape index (κ2) is 10.1. The summed E-state index contributed by atoms with van der Waals surface area (Å²) in [5, 5.41) is 11.7. The van der Waals surface area contributed by atoms with Crippen LogP contribution in [0.1, 0.15) is 76.1 Å². The molecule has 1 amide bonds. The first kappa shape index (κ1) is 23.0. The molecular weight excluding hydrogens is 398 g/mol. The molecule has 3 atom stereocenters. The Hall–Kier alpha value is -2.64. The van der Waals surface area contributed by atoms with Crippen LogP contribution in [-0.2, 0) is 9.53 Å². The highest BCUT2D eigenvalue weighted by Gasteiger charge is 2.33. The van der Waals surface area contributed by atoms with Crippen molar-refractivity contribution >= 4 is 23.3 Å². The molecule has 1 aromatic rings. The number of piperidine rings is 1. The molecule has 2 heterocycles. The molecule has 3 rings (SSSR count). The summed E-state index contributed by atoms with van der Waals surface area (Å²) >= 11 is 0. The summed E-state index contributed by atoms with van der Waals surface area (Å²) in [6.45, 7) is 7.11. The van der Waals surface area contributed by atoms with Gasteiger partial charge in [-0.25, -0.2) is 4.79 Å². The van der Waals surface area contributed by atoms with E-state index in [0.29, 0.717) is 5.69 Å². The average Bonchev–Trinajstić information content (AvgIpc) is 3.02. The molecule has 2 saturated heterocycles. The number of amides is 1. The van der Waals surface area contributed by atoms with Crippen molar-refractivity contribution in [2.24, 2.45) is 0 Å². The number of esters is 1. The number of carbonyl (C=O) groups excluding carboxylic acids is 2. The Morgan fingerprint density at radius 1 is 1.06 bits per heavy atom. The maximum Gasteiger partial charge on any atom is 0.339 e. The number of likely N-dealkylation sites (tertiary alicyclic amines) is 1. The molecule has 0 saturated carbocycles. The molecular formula is C23H33N3O5. The molecule has 0 radical (unpaired) electrons. The fraction of sp³-hybridized carbons (Fsp3) is 0.652. The molecule has 0 bridgehead atoms. The Labute approximate surface area is 183 Å². The van der Waals surface area contributed by atoms with E-state index in [2.05, 4.69) is 0 Å². The van der Waals surface area contributed by atoms with Gasteiger partial charge in [0.1, 0.15) is 5.69 Å². The molecule has 1 aromatic carbocycles. The third-order valence-corrected chi connectivity index (χ3v) is 6.43. The van der Waals surface area contributed by atoms with Crippen LogP contribution in [0, 0.1) is 10.1 Å². The Morgan fingerprint density at radius 2 is 1.68 bits per heavy atom. The highest BCUT2D eigenvalue weighted by Crippen LogP contribution is 2.31. The number of carbonyl (C=O) groups is 2. The standard InChI is InChI=1S/C23H33N3O5/c1-16-9-8-10-17(2)25(16)22(27)18(3)31-23(28)19-11-12-20(21(15-19)26(29)30)24-13-6-4-5-7-14-24/h11-12,15-18H,4-10,13-14H2,1-3H3/t16-,17-,18+/m0/s1. The largest absolute Gasteiger partial charge is 0.449 e. The van der Waals surface area contributed by atoms with Crippen LogP contribution in [-0.4, -0.2) is 53.0 Å². The molecule has 0 unspecified atom stereocenters. The molecule has 0 spiro atoms. The van der Waals surface area contributed by atoms with Crippen LogP contribution >= 0.6 is 0 Å². The van der Waals surface area contributed by atoms with Crippen LogP contribution in [0.25, 0.3) is 0 Å². The lowest BCUT2D eigenvalue weighted by atomic mass is 9.97. The van der Waals surface area contributed by atoms with Crippen molar-refractivity contribution < 1.29 is 19.2 Å². The lowest BCUT2D eigenvalue weighted by Crippen LogP contribution is -2.51. The summed E-state index contributed by atoms with van der Waals surface area (Å²) in [6.07, 6.45) is 6.22. The molecule has 2 aliphatic rings. The molecule has 0 aromatic heterocycles. The first-order chi connectivity index (χ1) is 14.8. The lowest BCUT2D eigenvalue weighted by Gasteiger charge is -2.40. The zero-order valence-corrected chi connectivity index (χ0v) is 18.7. The number of rotatable bonds is 5. The summed E-state index contributed by atoms with van der Waals surface area (Å²) in [7, 11) is 0. The Balaban J connectivity index is 1.74. The second-order valence-corrected chi connectivity index (χ2v) is 8.78. The van der Waals surface area contributed by atoms with E-state index in [1.165, 1.54) is 6.07 Å². The van der Waals surface area contributed by atoms with Gasteiger partial charge >= 0.3 is 5.97 Å². The van der Waals surface area contributed by atoms with Crippen molar-refractivity contribution in [3.63, 3.8) is 0 Å². The van der Waals surface area contributed by atoms with Crippen molar-refractivity contribution in [3.05, 3.63) is 33.9 Å². The number of anilines is 1. The number of nitro benzene ring substituents is 1. The smallest absolute Gasteiger partial charge is 0.339 e. The monoisotopic (exact) mass is 431 g/mol. The van der Waals surface area contributed by atoms with Crippen LogP contribution in [0.4, 0.5) is 11.4 Å². The average molecular weight is 432 g/mol. The maximum atomic E-state index is 12.9. The van der Waals surface area contributed by atoms with Crippen LogP contribution in [0.2, 0.25) is 0 Å². The van der Waals surface area contributed by atoms with Gasteiger partial charge in [0.15, 0.2) is 6.10 Å². The second-order valence-electron chi connectivity index (χ2n) is 8.78. The van der Waals surface area contributed by atoms with Gasteiger partial charge < -0.3 is 14.5 Å². The van der Waals surface area contributed by atoms with Gasteiger partial charge in [0.25, 0.3) is 11.6 Å². The van der Waals surface area contributed by atoms with E-state index < -0.39 is 17.0 Å². The molecule has 8 heteroatoms. The molecule has 2 aliphatic heterocycles. The number of hydrogen-bond acceptors (Lipinski definition) is 6. The van der Waals surface area contributed by atoms with Crippen molar-refractivity contribution in [2.45, 2.75) is 83.9 Å². The minimum Gasteiger partial charge on any atom is -0.449 e. The van der Waals surface area contributed by atoms with Crippen LogP contribution in [0.5, 0.6) is 0 Å². The molecule has 170 valence electrons. The van der Waals surface area contributed by atoms with E-state index in [9.17, 15) is 19.7 Å². The molecule has 8 nitrogen and oxygen atoms in total. The molecule has 0 N–H and O–H groups in total. The SMILES string of the molecule is C[C@@H](OC(=O)c1ccc(N2CCCCCC2)c([N+](=O)[O-])c1)C(=O)N1[C@@H](C)CCC[C@@H]1C. The van der Waals surface area contributed by atoms with Crippen molar-refractivity contribution in [1.29, 1.82) is 0 Å². The molecule has 31 heavy (non-hydrogen) atoms. The number of hydrogen-bond donors (Lipinski definition) is 0. The minimum atomic E-state index is -0.945. The zero-order chi connectivity index (χ0) is 22.5. The highest BCUT2D eigenvalue weighted by molar-refractivity contribution is 5.94. The van der Waals surface area contributed by atoms with Crippen molar-refractivity contribution in [3.8, 4) is 0 Å². The van der Waals surface area contributed by atoms with Gasteiger partial charge in [-0.05, 0) is 65.0 Å². The van der Waals surface area contributed by atoms with Gasteiger partial charge in [0.2, 0.25) is 0 Å². The van der Waals surface area contributed by atoms with Crippen LogP contribution < -0.4 is 4.90 Å². The normalized spacial score (nSPS) is 23.1. The van der Waals surface area contributed by atoms with Crippen molar-refractivity contribution in [1.82, 2.24) is 4.90 Å². The number of nitrogens with zero attached hydrogens (tertiary/aromatic N) is 3. The number of benzene rings is 1. The van der Waals surface area contributed by atoms with Gasteiger partial charge in [-0.2, -0.15) is 0 Å². The fourth-order valence-corrected chi connectivity index (χ4v) is 4.72. The van der Waals surface area contributed by atoms with Gasteiger partial charge in [0, 0.05) is 31.2 Å². The predicted molar refractivity (Wildman–Crippen MR) is 118 cm³/mol. The first-order valence-corrected chi connectivity index (χ1v) is 11.4. The third-order valence-electron chi connectivity index (χ3n) is 6.43. The third kappa shape index (κ3) is 5.35. The predicted octanol–water partition coefficient (Wildman–Crippen LogP) is 4.31. The van der Waals surface area contributed by atoms with Crippen LogP contribution in [0.15, 0.2) is 18.2 Å². The quantitative estimate of drug-likeness (QED) is 0.392. The Kier molecular flexibility index (Phi) is 7.51. The first-order valence-electron chi connectivity index (χ1n) is 11.4. The van der Waals surface area contributed by atoms with Crippen molar-refractivity contribution in [2.75, 3.05) is 18.0 Å². The summed E-state index contributed by atoms with van der Waals surface area (Å²) < 4.78 is 5.42. The van der Waals surface area contributed by atoms with E-state index in [1.54, 1.807) is 24.0 Å². The summed E-state index contributed by atoms with van der Waals surface area (Å²) in [4.78, 5) is 40.6. The maximum absolute atomic E-state index is 12.9. The fourth-order valence-electron chi connectivity index (χ4n) is 4.72. The van der Waals surface area contributed by atoms with Gasteiger partial charge in [0.05, 0.1) is 10.5 Å². The Bertz CT molecular complexity index is 809. The van der Waals surface area contributed by atoms with Gasteiger partial charge in [-0.15, -0.1) is 0 Å². The summed E-state index contributed by atoms with van der Waals surface area (Å²) in [6, 6.07) is 4.66.